The molecule has 0 atom stereocenters. The lowest BCUT2D eigenvalue weighted by Crippen LogP contribution is -2.17. The fourth-order valence-electron chi connectivity index (χ4n) is 2.26. The molecule has 0 aliphatic carbocycles. The molecule has 0 bridgehead atoms. The molecular weight excluding hydrogens is 378 g/mol. The highest BCUT2D eigenvalue weighted by atomic mass is 32.1. The smallest absolute Gasteiger partial charge is 0.504 e. The van der Waals surface area contributed by atoms with Crippen LogP contribution in [0.15, 0.2) is 24.3 Å². The molecule has 0 saturated carbocycles. The van der Waals surface area contributed by atoms with Gasteiger partial charge in [-0.15, -0.1) is 37.7 Å². The summed E-state index contributed by atoms with van der Waals surface area (Å²) < 4.78 is 82.2. The minimum Gasteiger partial charge on any atom is -0.504 e. The van der Waals surface area contributed by atoms with Crippen molar-refractivity contribution in [3.63, 3.8) is 0 Å². The van der Waals surface area contributed by atoms with Gasteiger partial charge in [-0.25, -0.2) is 0 Å². The van der Waals surface area contributed by atoms with Crippen LogP contribution in [0, 0.1) is 0 Å². The van der Waals surface area contributed by atoms with E-state index >= 15 is 0 Å². The molecule has 0 spiro atoms. The van der Waals surface area contributed by atoms with E-state index in [-0.39, 0.29) is 20.2 Å². The molecule has 0 radical (unpaired) electrons. The van der Waals surface area contributed by atoms with Gasteiger partial charge in [-0.1, -0.05) is 0 Å². The van der Waals surface area contributed by atoms with Gasteiger partial charge < -0.3 is 19.7 Å². The molecule has 11 heteroatoms. The predicted molar refractivity (Wildman–Crippen MR) is 76.0 cm³/mol. The van der Waals surface area contributed by atoms with Gasteiger partial charge in [0.2, 0.25) is 0 Å². The zero-order chi connectivity index (χ0) is 18.6. The van der Waals surface area contributed by atoms with Gasteiger partial charge in [-0.2, -0.15) is 0 Å². The van der Waals surface area contributed by atoms with Gasteiger partial charge in [-0.3, -0.25) is 0 Å². The van der Waals surface area contributed by atoms with E-state index in [0.29, 0.717) is 11.3 Å². The molecule has 1 aromatic heterocycles. The van der Waals surface area contributed by atoms with Gasteiger partial charge in [0.05, 0.1) is 9.40 Å². The molecule has 2 N–H and O–H groups in total. The molecule has 0 saturated heterocycles. The Labute approximate surface area is 138 Å². The fraction of sp³-hybridized carbons (Fsp3) is 0.143. The maximum absolute atomic E-state index is 12.5. The molecule has 0 fully saturated rings. The molecule has 2 aromatic carbocycles. The summed E-state index contributed by atoms with van der Waals surface area (Å²) in [6.45, 7) is 0. The van der Waals surface area contributed by atoms with E-state index in [9.17, 15) is 36.6 Å². The summed E-state index contributed by atoms with van der Waals surface area (Å²) in [5.41, 5.74) is 0. The van der Waals surface area contributed by atoms with E-state index in [1.807, 2.05) is 0 Å². The standard InChI is InChI=1S/C14H6F6O4S/c15-13(16,17)23-9-7(21)3-1-5-6-2-4-8(22)10(24-14(18,19)20)12(6)25-11(5)9/h1-4,21-22H. The first-order valence-corrected chi connectivity index (χ1v) is 7.19. The van der Waals surface area contributed by atoms with Crippen LogP contribution in [0.1, 0.15) is 0 Å². The van der Waals surface area contributed by atoms with E-state index < -0.39 is 35.7 Å². The highest BCUT2D eigenvalue weighted by molar-refractivity contribution is 7.26. The third kappa shape index (κ3) is 3.31. The minimum absolute atomic E-state index is 0.101. The van der Waals surface area contributed by atoms with Gasteiger partial charge in [0, 0.05) is 10.8 Å². The van der Waals surface area contributed by atoms with Crippen molar-refractivity contribution in [3.05, 3.63) is 24.3 Å². The van der Waals surface area contributed by atoms with Crippen molar-refractivity contribution in [3.8, 4) is 23.0 Å². The Morgan fingerprint density at radius 2 is 1.04 bits per heavy atom. The molecule has 1 heterocycles. The molecule has 134 valence electrons. The van der Waals surface area contributed by atoms with E-state index in [1.54, 1.807) is 0 Å². The van der Waals surface area contributed by atoms with Crippen LogP contribution in [-0.4, -0.2) is 22.9 Å². The Morgan fingerprint density at radius 3 is 1.36 bits per heavy atom. The average Bonchev–Trinajstić information content (AvgIpc) is 2.82. The summed E-state index contributed by atoms with van der Waals surface area (Å²) in [4.78, 5) is 0. The molecular formula is C14H6F6O4S. The van der Waals surface area contributed by atoms with E-state index in [1.165, 1.54) is 12.1 Å². The van der Waals surface area contributed by atoms with Crippen molar-refractivity contribution < 1.29 is 46.0 Å². The first-order chi connectivity index (χ1) is 11.5. The summed E-state index contributed by atoms with van der Waals surface area (Å²) in [6, 6.07) is 4.29. The van der Waals surface area contributed by atoms with E-state index in [4.69, 9.17) is 0 Å². The second-order valence-corrected chi connectivity index (χ2v) is 5.80. The van der Waals surface area contributed by atoms with Crippen LogP contribution in [0.3, 0.4) is 0 Å². The summed E-state index contributed by atoms with van der Waals surface area (Å²) >= 11 is 0.455. The van der Waals surface area contributed by atoms with Crippen LogP contribution in [0.2, 0.25) is 0 Å². The normalized spacial score (nSPS) is 12.7. The van der Waals surface area contributed by atoms with Crippen molar-refractivity contribution in [2.24, 2.45) is 0 Å². The number of hydrogen-bond acceptors (Lipinski definition) is 5. The lowest BCUT2D eigenvalue weighted by atomic mass is 10.1. The van der Waals surface area contributed by atoms with E-state index in [2.05, 4.69) is 9.47 Å². The first kappa shape index (κ1) is 17.3. The number of fused-ring (bicyclic) bond motifs is 3. The Balaban J connectivity index is 2.32. The zero-order valence-electron chi connectivity index (χ0n) is 11.7. The van der Waals surface area contributed by atoms with Gasteiger partial charge in [0.1, 0.15) is 0 Å². The van der Waals surface area contributed by atoms with Crippen molar-refractivity contribution in [1.29, 1.82) is 0 Å². The number of ether oxygens (including phenoxy) is 2. The minimum atomic E-state index is -5.12. The second kappa shape index (κ2) is 5.48. The predicted octanol–water partition coefficient (Wildman–Crippen LogP) is 5.26. The molecule has 0 aliphatic rings. The Morgan fingerprint density at radius 1 is 0.680 bits per heavy atom. The quantitative estimate of drug-likeness (QED) is 0.592. The Kier molecular flexibility index (Phi) is 3.78. The number of aromatic hydroxyl groups is 2. The van der Waals surface area contributed by atoms with Crippen LogP contribution < -0.4 is 9.47 Å². The van der Waals surface area contributed by atoms with E-state index in [0.717, 1.165) is 12.1 Å². The summed E-state index contributed by atoms with van der Waals surface area (Å²) in [5, 5.41) is 19.5. The monoisotopic (exact) mass is 384 g/mol. The molecule has 25 heavy (non-hydrogen) atoms. The summed E-state index contributed by atoms with van der Waals surface area (Å²) in [7, 11) is 0. The Hall–Kier alpha value is -2.56. The maximum Gasteiger partial charge on any atom is 0.573 e. The van der Waals surface area contributed by atoms with Gasteiger partial charge in [0.25, 0.3) is 0 Å². The summed E-state index contributed by atoms with van der Waals surface area (Å²) in [6.07, 6.45) is -10.2. The Bertz CT molecular complexity index is 884. The molecule has 3 aromatic rings. The number of phenols is 2. The number of rotatable bonds is 2. The average molecular weight is 384 g/mol. The molecule has 0 aliphatic heterocycles. The number of halogens is 6. The molecule has 4 nitrogen and oxygen atoms in total. The first-order valence-electron chi connectivity index (χ1n) is 6.38. The molecule has 3 rings (SSSR count). The topological polar surface area (TPSA) is 58.9 Å². The van der Waals surface area contributed by atoms with Crippen LogP contribution in [-0.2, 0) is 0 Å². The number of phenolic OH excluding ortho intramolecular Hbond substituents is 2. The zero-order valence-corrected chi connectivity index (χ0v) is 12.5. The number of alkyl halides is 6. The highest BCUT2D eigenvalue weighted by Crippen LogP contribution is 2.50. The van der Waals surface area contributed by atoms with Crippen molar-refractivity contribution in [2.45, 2.75) is 12.7 Å². The third-order valence-corrected chi connectivity index (χ3v) is 4.33. The van der Waals surface area contributed by atoms with Crippen molar-refractivity contribution in [2.75, 3.05) is 0 Å². The lowest BCUT2D eigenvalue weighted by molar-refractivity contribution is -0.275. The van der Waals surface area contributed by atoms with Gasteiger partial charge in [-0.05, 0) is 24.3 Å². The lowest BCUT2D eigenvalue weighted by Gasteiger charge is -2.10. The summed E-state index contributed by atoms with van der Waals surface area (Å²) in [5.74, 6) is -3.55. The van der Waals surface area contributed by atoms with Crippen molar-refractivity contribution >= 4 is 31.5 Å². The van der Waals surface area contributed by atoms with Crippen molar-refractivity contribution in [1.82, 2.24) is 0 Å². The maximum atomic E-state index is 12.5. The largest absolute Gasteiger partial charge is 0.573 e. The molecule has 0 amide bonds. The van der Waals surface area contributed by atoms with Gasteiger partial charge in [0.15, 0.2) is 23.0 Å². The van der Waals surface area contributed by atoms with Crippen LogP contribution in [0.5, 0.6) is 23.0 Å². The van der Waals surface area contributed by atoms with Crippen LogP contribution in [0.4, 0.5) is 26.3 Å². The number of thiophene rings is 1. The highest BCUT2D eigenvalue weighted by Gasteiger charge is 2.36. The number of benzene rings is 2. The van der Waals surface area contributed by atoms with Gasteiger partial charge >= 0.3 is 12.7 Å². The fourth-order valence-corrected chi connectivity index (χ4v) is 3.52. The molecule has 0 unspecified atom stereocenters. The number of hydrogen-bond donors (Lipinski definition) is 2. The van der Waals surface area contributed by atoms with Crippen LogP contribution in [0.25, 0.3) is 20.2 Å². The third-order valence-electron chi connectivity index (χ3n) is 3.11. The van der Waals surface area contributed by atoms with Crippen LogP contribution >= 0.6 is 11.3 Å². The second-order valence-electron chi connectivity index (χ2n) is 4.78. The SMILES string of the molecule is Oc1ccc2c(sc3c(OC(F)(F)F)c(O)ccc32)c1OC(F)(F)F.